The molecule has 27 heavy (non-hydrogen) atoms. The van der Waals surface area contributed by atoms with Crippen molar-refractivity contribution in [3.8, 4) is 5.75 Å². The summed E-state index contributed by atoms with van der Waals surface area (Å²) < 4.78 is 51.6. The smallest absolute Gasteiger partial charge is 0.246 e. The quantitative estimate of drug-likeness (QED) is 0.732. The van der Waals surface area contributed by atoms with Crippen LogP contribution in [-0.2, 0) is 14.8 Å². The lowest BCUT2D eigenvalue weighted by Gasteiger charge is -2.26. The van der Waals surface area contributed by atoms with Gasteiger partial charge in [0, 0.05) is 25.3 Å². The summed E-state index contributed by atoms with van der Waals surface area (Å²) in [5.74, 6) is 0.0000348. The van der Waals surface area contributed by atoms with Crippen molar-refractivity contribution in [2.75, 3.05) is 44.8 Å². The third kappa shape index (κ3) is 4.97. The van der Waals surface area contributed by atoms with Gasteiger partial charge in [0.15, 0.2) is 0 Å². The largest absolute Gasteiger partial charge is 0.492 e. The van der Waals surface area contributed by atoms with Crippen LogP contribution in [0.4, 0.5) is 10.1 Å². The van der Waals surface area contributed by atoms with Crippen LogP contribution in [-0.4, -0.2) is 52.2 Å². The number of anilines is 1. The summed E-state index contributed by atoms with van der Waals surface area (Å²) >= 11 is 0. The van der Waals surface area contributed by atoms with E-state index in [1.54, 1.807) is 0 Å². The van der Waals surface area contributed by atoms with Crippen LogP contribution in [0.1, 0.15) is 5.56 Å². The van der Waals surface area contributed by atoms with E-state index in [-0.39, 0.29) is 18.0 Å². The van der Waals surface area contributed by atoms with Crippen LogP contribution in [0.25, 0.3) is 0 Å². The molecule has 0 aliphatic carbocycles. The zero-order valence-electron chi connectivity index (χ0n) is 15.2. The Morgan fingerprint density at radius 3 is 2.56 bits per heavy atom. The van der Waals surface area contributed by atoms with Crippen LogP contribution in [0.2, 0.25) is 0 Å². The second kappa shape index (κ2) is 8.69. The topological polar surface area (TPSA) is 67.9 Å². The highest BCUT2D eigenvalue weighted by atomic mass is 32.2. The maximum absolute atomic E-state index is 14.2. The molecule has 0 amide bonds. The Balaban J connectivity index is 1.61. The highest BCUT2D eigenvalue weighted by Crippen LogP contribution is 2.23. The summed E-state index contributed by atoms with van der Waals surface area (Å²) in [5, 5.41) is 3.07. The van der Waals surface area contributed by atoms with Gasteiger partial charge in [-0.3, -0.25) is 0 Å². The molecule has 1 N–H and O–H groups in total. The van der Waals surface area contributed by atoms with Crippen LogP contribution in [0, 0.1) is 12.7 Å². The number of nitrogens with zero attached hydrogens (tertiary/aromatic N) is 1. The second-order valence-electron chi connectivity index (χ2n) is 6.25. The summed E-state index contributed by atoms with van der Waals surface area (Å²) in [4.78, 5) is -0.325. The van der Waals surface area contributed by atoms with Gasteiger partial charge < -0.3 is 14.8 Å². The van der Waals surface area contributed by atoms with E-state index >= 15 is 0 Å². The van der Waals surface area contributed by atoms with Crippen molar-refractivity contribution in [3.05, 3.63) is 53.8 Å². The molecule has 3 rings (SSSR count). The lowest BCUT2D eigenvalue weighted by Crippen LogP contribution is -2.40. The average molecular weight is 394 g/mol. The first-order chi connectivity index (χ1) is 13.0. The van der Waals surface area contributed by atoms with Crippen molar-refractivity contribution in [1.82, 2.24) is 4.31 Å². The fourth-order valence-electron chi connectivity index (χ4n) is 2.74. The van der Waals surface area contributed by atoms with Crippen LogP contribution in [0.15, 0.2) is 47.4 Å². The first-order valence-corrected chi connectivity index (χ1v) is 10.2. The minimum atomic E-state index is -3.89. The van der Waals surface area contributed by atoms with E-state index in [0.29, 0.717) is 32.1 Å². The first kappa shape index (κ1) is 19.6. The average Bonchev–Trinajstić information content (AvgIpc) is 2.68. The number of morpholine rings is 1. The van der Waals surface area contributed by atoms with Gasteiger partial charge in [-0.1, -0.05) is 17.7 Å². The standard InChI is InChI=1S/C19H23FN2O4S/c1-15-2-5-17(6-3-15)26-11-8-21-16-4-7-18(20)19(14-16)27(23,24)22-9-12-25-13-10-22/h2-7,14,21H,8-13H2,1H3. The van der Waals surface area contributed by atoms with E-state index in [4.69, 9.17) is 9.47 Å². The van der Waals surface area contributed by atoms with Crippen LogP contribution in [0.3, 0.4) is 0 Å². The molecule has 1 aliphatic rings. The molecule has 1 fully saturated rings. The molecule has 0 aromatic heterocycles. The molecule has 0 radical (unpaired) electrons. The zero-order chi connectivity index (χ0) is 19.3. The van der Waals surface area contributed by atoms with Gasteiger partial charge in [0.25, 0.3) is 0 Å². The van der Waals surface area contributed by atoms with Gasteiger partial charge in [-0.2, -0.15) is 4.31 Å². The SMILES string of the molecule is Cc1ccc(OCCNc2ccc(F)c(S(=O)(=O)N3CCOCC3)c2)cc1. The zero-order valence-corrected chi connectivity index (χ0v) is 16.0. The third-order valence-corrected chi connectivity index (χ3v) is 6.15. The maximum Gasteiger partial charge on any atom is 0.246 e. The van der Waals surface area contributed by atoms with E-state index in [1.807, 2.05) is 31.2 Å². The monoisotopic (exact) mass is 394 g/mol. The molecule has 0 saturated carbocycles. The highest BCUT2D eigenvalue weighted by Gasteiger charge is 2.29. The van der Waals surface area contributed by atoms with E-state index < -0.39 is 15.8 Å². The van der Waals surface area contributed by atoms with Crippen molar-refractivity contribution in [2.45, 2.75) is 11.8 Å². The number of halogens is 1. The van der Waals surface area contributed by atoms with Gasteiger partial charge in [-0.05, 0) is 37.3 Å². The van der Waals surface area contributed by atoms with Gasteiger partial charge in [-0.15, -0.1) is 0 Å². The Bertz CT molecular complexity index is 866. The molecule has 0 unspecified atom stereocenters. The molecule has 6 nitrogen and oxygen atoms in total. The molecule has 8 heteroatoms. The maximum atomic E-state index is 14.2. The lowest BCUT2D eigenvalue weighted by atomic mass is 10.2. The summed E-state index contributed by atoms with van der Waals surface area (Å²) in [6.45, 7) is 3.93. The molecule has 1 heterocycles. The van der Waals surface area contributed by atoms with Crippen LogP contribution in [0.5, 0.6) is 5.75 Å². The third-order valence-electron chi connectivity index (χ3n) is 4.24. The van der Waals surface area contributed by atoms with E-state index in [1.165, 1.54) is 16.4 Å². The molecule has 1 aliphatic heterocycles. The van der Waals surface area contributed by atoms with Crippen molar-refractivity contribution in [2.24, 2.45) is 0 Å². The number of aryl methyl sites for hydroxylation is 1. The lowest BCUT2D eigenvalue weighted by molar-refractivity contribution is 0.0729. The predicted octanol–water partition coefficient (Wildman–Crippen LogP) is 2.65. The molecule has 146 valence electrons. The number of rotatable bonds is 7. The molecule has 0 atom stereocenters. The van der Waals surface area contributed by atoms with Crippen LogP contribution < -0.4 is 10.1 Å². The molecule has 2 aromatic rings. The predicted molar refractivity (Wildman–Crippen MR) is 101 cm³/mol. The normalized spacial score (nSPS) is 15.5. The summed E-state index contributed by atoms with van der Waals surface area (Å²) in [7, 11) is -3.89. The van der Waals surface area contributed by atoms with Gasteiger partial charge in [0.1, 0.15) is 23.1 Å². The number of ether oxygens (including phenoxy) is 2. The van der Waals surface area contributed by atoms with E-state index in [2.05, 4.69) is 5.32 Å². The number of sulfonamides is 1. The second-order valence-corrected chi connectivity index (χ2v) is 8.16. The summed E-state index contributed by atoms with van der Waals surface area (Å²) in [6, 6.07) is 11.7. The molecular formula is C19H23FN2O4S. The van der Waals surface area contributed by atoms with Gasteiger partial charge in [0.05, 0.1) is 13.2 Å². The first-order valence-electron chi connectivity index (χ1n) is 8.77. The highest BCUT2D eigenvalue weighted by molar-refractivity contribution is 7.89. The van der Waals surface area contributed by atoms with E-state index in [9.17, 15) is 12.8 Å². The van der Waals surface area contributed by atoms with Crippen LogP contribution >= 0.6 is 0 Å². The fraction of sp³-hybridized carbons (Fsp3) is 0.368. The molecule has 1 saturated heterocycles. The van der Waals surface area contributed by atoms with Crippen molar-refractivity contribution in [3.63, 3.8) is 0 Å². The van der Waals surface area contributed by atoms with Crippen molar-refractivity contribution < 1.29 is 22.3 Å². The summed E-state index contributed by atoms with van der Waals surface area (Å²) in [6.07, 6.45) is 0. The Hall–Kier alpha value is -2.16. The molecule has 0 bridgehead atoms. The number of hydrogen-bond donors (Lipinski definition) is 1. The minimum Gasteiger partial charge on any atom is -0.492 e. The Morgan fingerprint density at radius 1 is 1.15 bits per heavy atom. The van der Waals surface area contributed by atoms with Crippen molar-refractivity contribution >= 4 is 15.7 Å². The Kier molecular flexibility index (Phi) is 6.30. The van der Waals surface area contributed by atoms with Crippen molar-refractivity contribution in [1.29, 1.82) is 0 Å². The number of hydrogen-bond acceptors (Lipinski definition) is 5. The molecule has 0 spiro atoms. The van der Waals surface area contributed by atoms with E-state index in [0.717, 1.165) is 17.4 Å². The van der Waals surface area contributed by atoms with Gasteiger partial charge in [-0.25, -0.2) is 12.8 Å². The molecular weight excluding hydrogens is 371 g/mol. The fourth-order valence-corrected chi connectivity index (χ4v) is 4.23. The Morgan fingerprint density at radius 2 is 1.85 bits per heavy atom. The molecule has 2 aromatic carbocycles. The summed E-state index contributed by atoms with van der Waals surface area (Å²) in [5.41, 5.74) is 1.68. The number of benzene rings is 2. The van der Waals surface area contributed by atoms with Gasteiger partial charge in [0.2, 0.25) is 10.0 Å². The van der Waals surface area contributed by atoms with Gasteiger partial charge >= 0.3 is 0 Å². The Labute approximate surface area is 159 Å². The number of nitrogens with one attached hydrogen (secondary N) is 1. The minimum absolute atomic E-state index is 0.226.